The number of hydrogen-bond donors (Lipinski definition) is 0. The first-order valence-corrected chi connectivity index (χ1v) is 11.1. The molecule has 5 aromatic rings. The molecule has 6 rings (SSSR count). The van der Waals surface area contributed by atoms with E-state index >= 15 is 0 Å². The molecule has 0 unspecified atom stereocenters. The number of fused-ring (bicyclic) bond motifs is 2. The molecule has 0 saturated heterocycles. The smallest absolute Gasteiger partial charge is 0.263 e. The quantitative estimate of drug-likeness (QED) is 0.301. The summed E-state index contributed by atoms with van der Waals surface area (Å²) in [6.45, 7) is 0. The fourth-order valence-electron chi connectivity index (χ4n) is 4.51. The Kier molecular flexibility index (Phi) is 4.70. The van der Waals surface area contributed by atoms with Gasteiger partial charge in [-0.2, -0.15) is 0 Å². The second kappa shape index (κ2) is 8.01. The van der Waals surface area contributed by atoms with E-state index in [2.05, 4.69) is 41.3 Å². The number of nitrogens with zero attached hydrogens (tertiary/aromatic N) is 2. The van der Waals surface area contributed by atoms with Gasteiger partial charge < -0.3 is 4.90 Å². The normalized spacial score (nSPS) is 12.2. The Hall–Kier alpha value is -4.70. The predicted octanol–water partition coefficient (Wildman–Crippen LogP) is 6.86. The third-order valence-electron chi connectivity index (χ3n) is 6.18. The van der Waals surface area contributed by atoms with Crippen LogP contribution < -0.4 is 4.90 Å². The van der Waals surface area contributed by atoms with Crippen molar-refractivity contribution >= 4 is 28.8 Å². The minimum Gasteiger partial charge on any atom is -0.311 e. The summed E-state index contributed by atoms with van der Waals surface area (Å²) in [5.74, 6) is -0.296. The third kappa shape index (κ3) is 3.24. The number of carbonyl (C=O) groups excluding carboxylic acids is 2. The number of aromatic nitrogens is 1. The van der Waals surface area contributed by atoms with Crippen LogP contribution in [0.2, 0.25) is 0 Å². The monoisotopic (exact) mass is 440 g/mol. The summed E-state index contributed by atoms with van der Waals surface area (Å²) in [5, 5.41) is 0. The van der Waals surface area contributed by atoms with Gasteiger partial charge >= 0.3 is 0 Å². The van der Waals surface area contributed by atoms with Crippen LogP contribution >= 0.6 is 0 Å². The Bertz CT molecular complexity index is 1480. The van der Waals surface area contributed by atoms with E-state index in [9.17, 15) is 9.59 Å². The number of benzene rings is 4. The molecule has 1 aliphatic rings. The first-order chi connectivity index (χ1) is 16.7. The van der Waals surface area contributed by atoms with E-state index in [1.54, 1.807) is 24.4 Å². The summed E-state index contributed by atoms with van der Waals surface area (Å²) in [4.78, 5) is 27.9. The highest BCUT2D eigenvalue weighted by molar-refractivity contribution is 6.20. The molecule has 0 bridgehead atoms. The van der Waals surface area contributed by atoms with Crippen molar-refractivity contribution in [2.24, 2.45) is 0 Å². The van der Waals surface area contributed by atoms with Gasteiger partial charge in [0.15, 0.2) is 0 Å². The van der Waals surface area contributed by atoms with Gasteiger partial charge in [-0.3, -0.25) is 14.2 Å². The molecule has 4 heteroatoms. The molecule has 1 aromatic heterocycles. The van der Waals surface area contributed by atoms with E-state index < -0.39 is 0 Å². The summed E-state index contributed by atoms with van der Waals surface area (Å²) in [5.41, 5.74) is 6.35. The number of hydrogen-bond acceptors (Lipinski definition) is 3. The lowest BCUT2D eigenvalue weighted by Gasteiger charge is -2.25. The first kappa shape index (κ1) is 19.9. The minimum atomic E-state index is -0.174. The van der Waals surface area contributed by atoms with Gasteiger partial charge in [0.1, 0.15) is 0 Å². The predicted molar refractivity (Wildman–Crippen MR) is 134 cm³/mol. The van der Waals surface area contributed by atoms with Crippen molar-refractivity contribution in [2.45, 2.75) is 0 Å². The molecule has 0 saturated carbocycles. The number of ketones is 1. The second-order valence-corrected chi connectivity index (χ2v) is 8.21. The van der Waals surface area contributed by atoms with E-state index in [1.807, 2.05) is 60.7 Å². The Morgan fingerprint density at radius 3 is 1.76 bits per heavy atom. The van der Waals surface area contributed by atoms with Crippen molar-refractivity contribution in [1.29, 1.82) is 0 Å². The zero-order valence-corrected chi connectivity index (χ0v) is 18.3. The molecule has 162 valence electrons. The number of para-hydroxylation sites is 2. The van der Waals surface area contributed by atoms with Gasteiger partial charge in [-0.05, 0) is 71.8 Å². The average Bonchev–Trinajstić information content (AvgIpc) is 3.40. The van der Waals surface area contributed by atoms with E-state index in [-0.39, 0.29) is 11.7 Å². The maximum absolute atomic E-state index is 13.0. The SMILES string of the molecule is O=C1c2ccc(-c3ccc(N(c4ccccc4)c4ccccc4)cc3)cc2C(=O)n2cccc21. The van der Waals surface area contributed by atoms with Crippen molar-refractivity contribution in [3.8, 4) is 11.1 Å². The zero-order chi connectivity index (χ0) is 23.1. The topological polar surface area (TPSA) is 42.3 Å². The molecule has 0 radical (unpaired) electrons. The lowest BCUT2D eigenvalue weighted by Crippen LogP contribution is -2.26. The van der Waals surface area contributed by atoms with E-state index in [1.165, 1.54) is 4.57 Å². The largest absolute Gasteiger partial charge is 0.311 e. The molecular weight excluding hydrogens is 420 g/mol. The standard InChI is InChI=1S/C30H20N2O2/c33-29-26-18-15-22(20-27(26)30(34)31-19-7-12-28(29)31)21-13-16-25(17-14-21)32(23-8-3-1-4-9-23)24-10-5-2-6-11-24/h1-20H. The van der Waals surface area contributed by atoms with Gasteiger partial charge in [0.2, 0.25) is 5.78 Å². The molecule has 0 aliphatic carbocycles. The summed E-state index contributed by atoms with van der Waals surface area (Å²) in [6.07, 6.45) is 1.64. The third-order valence-corrected chi connectivity index (χ3v) is 6.18. The van der Waals surface area contributed by atoms with Crippen LogP contribution in [0.15, 0.2) is 121 Å². The van der Waals surface area contributed by atoms with Gasteiger partial charge in [0, 0.05) is 28.8 Å². The Labute approximate surface area is 197 Å². The molecule has 2 heterocycles. The Morgan fingerprint density at radius 2 is 1.12 bits per heavy atom. The van der Waals surface area contributed by atoms with Crippen LogP contribution in [0.5, 0.6) is 0 Å². The lowest BCUT2D eigenvalue weighted by atomic mass is 9.93. The van der Waals surface area contributed by atoms with Gasteiger partial charge in [-0.15, -0.1) is 0 Å². The second-order valence-electron chi connectivity index (χ2n) is 8.21. The molecule has 0 amide bonds. The molecule has 1 aliphatic heterocycles. The van der Waals surface area contributed by atoms with Gasteiger partial charge in [0.25, 0.3) is 5.91 Å². The van der Waals surface area contributed by atoms with Crippen LogP contribution in [0.3, 0.4) is 0 Å². The van der Waals surface area contributed by atoms with E-state index in [0.717, 1.165) is 28.2 Å². The molecule has 4 aromatic carbocycles. The molecule has 0 spiro atoms. The molecular formula is C30H20N2O2. The maximum Gasteiger partial charge on any atom is 0.263 e. The number of anilines is 3. The molecule has 34 heavy (non-hydrogen) atoms. The van der Waals surface area contributed by atoms with Gasteiger partial charge in [0.05, 0.1) is 11.3 Å². The van der Waals surface area contributed by atoms with Crippen molar-refractivity contribution in [2.75, 3.05) is 4.90 Å². The Balaban J connectivity index is 1.38. The summed E-state index contributed by atoms with van der Waals surface area (Å²) >= 11 is 0. The first-order valence-electron chi connectivity index (χ1n) is 11.1. The van der Waals surface area contributed by atoms with Crippen LogP contribution in [0.4, 0.5) is 17.1 Å². The van der Waals surface area contributed by atoms with E-state index in [4.69, 9.17) is 0 Å². The molecule has 0 fully saturated rings. The van der Waals surface area contributed by atoms with Crippen LogP contribution in [0.1, 0.15) is 26.4 Å². The lowest BCUT2D eigenvalue weighted by molar-refractivity contribution is 0.0910. The van der Waals surface area contributed by atoms with Gasteiger partial charge in [-0.25, -0.2) is 0 Å². The highest BCUT2D eigenvalue weighted by Gasteiger charge is 2.29. The van der Waals surface area contributed by atoms with Crippen LogP contribution in [-0.2, 0) is 0 Å². The highest BCUT2D eigenvalue weighted by atomic mass is 16.2. The zero-order valence-electron chi connectivity index (χ0n) is 18.3. The van der Waals surface area contributed by atoms with Crippen molar-refractivity contribution in [3.63, 3.8) is 0 Å². The summed E-state index contributed by atoms with van der Waals surface area (Å²) in [7, 11) is 0. The minimum absolute atomic E-state index is 0.122. The van der Waals surface area contributed by atoms with Gasteiger partial charge in [-0.1, -0.05) is 54.6 Å². The fourth-order valence-corrected chi connectivity index (χ4v) is 4.51. The fraction of sp³-hybridized carbons (Fsp3) is 0. The summed E-state index contributed by atoms with van der Waals surface area (Å²) in [6, 6.07) is 37.6. The highest BCUT2D eigenvalue weighted by Crippen LogP contribution is 2.36. The van der Waals surface area contributed by atoms with Crippen LogP contribution in [0.25, 0.3) is 11.1 Å². The van der Waals surface area contributed by atoms with Crippen molar-refractivity contribution in [1.82, 2.24) is 4.57 Å². The summed E-state index contributed by atoms with van der Waals surface area (Å²) < 4.78 is 1.43. The molecule has 0 atom stereocenters. The van der Waals surface area contributed by atoms with Crippen molar-refractivity contribution in [3.05, 3.63) is 138 Å². The number of rotatable bonds is 4. The maximum atomic E-state index is 13.0. The number of carbonyl (C=O) groups is 2. The van der Waals surface area contributed by atoms with Crippen molar-refractivity contribution < 1.29 is 9.59 Å². The molecule has 4 nitrogen and oxygen atoms in total. The van der Waals surface area contributed by atoms with Crippen LogP contribution in [-0.4, -0.2) is 16.3 Å². The average molecular weight is 441 g/mol. The Morgan fingerprint density at radius 1 is 0.529 bits per heavy atom. The van der Waals surface area contributed by atoms with E-state index in [0.29, 0.717) is 16.8 Å². The molecule has 0 N–H and O–H groups in total. The van der Waals surface area contributed by atoms with Crippen LogP contribution in [0, 0.1) is 0 Å².